The number of halogens is 2. The van der Waals surface area contributed by atoms with Crippen molar-refractivity contribution in [3.8, 4) is 11.5 Å². The predicted octanol–water partition coefficient (Wildman–Crippen LogP) is 3.40. The molecule has 0 radical (unpaired) electrons. The molecule has 0 amide bonds. The largest absolute Gasteiger partial charge is 0.586 e. The van der Waals surface area contributed by atoms with Crippen LogP contribution in [0.5, 0.6) is 11.5 Å². The first kappa shape index (κ1) is 16.8. The highest BCUT2D eigenvalue weighted by Crippen LogP contribution is 2.42. The highest BCUT2D eigenvalue weighted by molar-refractivity contribution is 5.83. The van der Waals surface area contributed by atoms with Crippen LogP contribution in [-0.2, 0) is 12.8 Å². The molecule has 1 aliphatic heterocycles. The molecule has 5 rings (SSSR count). The van der Waals surface area contributed by atoms with Crippen LogP contribution in [-0.4, -0.2) is 30.9 Å². The second-order valence-corrected chi connectivity index (χ2v) is 6.71. The van der Waals surface area contributed by atoms with Crippen LogP contribution in [0.2, 0.25) is 0 Å². The smallest absolute Gasteiger partial charge is 0.395 e. The van der Waals surface area contributed by atoms with E-state index in [1.807, 2.05) is 26.0 Å². The van der Waals surface area contributed by atoms with E-state index in [9.17, 15) is 8.78 Å². The molecule has 3 aromatic heterocycles. The van der Waals surface area contributed by atoms with Crippen LogP contribution in [0.1, 0.15) is 22.9 Å². The molecule has 1 aliphatic rings. The minimum absolute atomic E-state index is 0.0115. The SMILES string of the molecule is Cc1ncc(C)n2nc(CCc3ccc4cc5c(cc4n3)OC(F)(F)O5)nc12. The Morgan fingerprint density at radius 2 is 1.82 bits per heavy atom. The molecular formula is C19H15F2N5O2. The molecular weight excluding hydrogens is 368 g/mol. The van der Waals surface area contributed by atoms with Gasteiger partial charge in [0.2, 0.25) is 0 Å². The minimum atomic E-state index is -3.64. The number of ether oxygens (including phenoxy) is 2. The molecule has 0 saturated heterocycles. The van der Waals surface area contributed by atoms with Crippen LogP contribution in [0.25, 0.3) is 16.6 Å². The molecule has 0 aliphatic carbocycles. The topological polar surface area (TPSA) is 74.4 Å². The van der Waals surface area contributed by atoms with Gasteiger partial charge in [-0.2, -0.15) is 5.10 Å². The van der Waals surface area contributed by atoms with Gasteiger partial charge in [-0.15, -0.1) is 8.78 Å². The lowest BCUT2D eigenvalue weighted by molar-refractivity contribution is -0.286. The van der Waals surface area contributed by atoms with Crippen molar-refractivity contribution in [2.75, 3.05) is 0 Å². The number of benzene rings is 1. The molecule has 9 heteroatoms. The van der Waals surface area contributed by atoms with Crippen LogP contribution in [0.4, 0.5) is 8.78 Å². The lowest BCUT2D eigenvalue weighted by Crippen LogP contribution is -2.25. The van der Waals surface area contributed by atoms with Gasteiger partial charge in [-0.3, -0.25) is 9.97 Å². The van der Waals surface area contributed by atoms with Gasteiger partial charge < -0.3 is 9.47 Å². The lowest BCUT2D eigenvalue weighted by atomic mass is 10.1. The Kier molecular flexibility index (Phi) is 3.49. The van der Waals surface area contributed by atoms with E-state index in [4.69, 9.17) is 0 Å². The normalized spacial score (nSPS) is 14.9. The number of hydrogen-bond acceptors (Lipinski definition) is 6. The maximum absolute atomic E-state index is 13.2. The summed E-state index contributed by atoms with van der Waals surface area (Å²) in [5.74, 6) is 0.703. The van der Waals surface area contributed by atoms with E-state index in [-0.39, 0.29) is 11.5 Å². The van der Waals surface area contributed by atoms with E-state index < -0.39 is 6.29 Å². The fourth-order valence-electron chi connectivity index (χ4n) is 3.23. The van der Waals surface area contributed by atoms with Crippen molar-refractivity contribution >= 4 is 16.6 Å². The van der Waals surface area contributed by atoms with E-state index in [0.717, 1.165) is 22.7 Å². The summed E-state index contributed by atoms with van der Waals surface area (Å²) in [6.45, 7) is 3.82. The molecule has 28 heavy (non-hydrogen) atoms. The number of fused-ring (bicyclic) bond motifs is 3. The first-order valence-corrected chi connectivity index (χ1v) is 8.75. The average molecular weight is 383 g/mol. The van der Waals surface area contributed by atoms with Crippen LogP contribution in [0.3, 0.4) is 0 Å². The Balaban J connectivity index is 1.41. The molecule has 0 N–H and O–H groups in total. The minimum Gasteiger partial charge on any atom is -0.395 e. The summed E-state index contributed by atoms with van der Waals surface area (Å²) in [4.78, 5) is 13.4. The molecule has 1 aromatic carbocycles. The van der Waals surface area contributed by atoms with Crippen molar-refractivity contribution in [1.29, 1.82) is 0 Å². The Labute approximate surface area is 158 Å². The summed E-state index contributed by atoms with van der Waals surface area (Å²) in [7, 11) is 0. The third kappa shape index (κ3) is 2.79. The van der Waals surface area contributed by atoms with Gasteiger partial charge in [0.15, 0.2) is 23.0 Å². The van der Waals surface area contributed by atoms with Crippen molar-refractivity contribution in [3.63, 3.8) is 0 Å². The van der Waals surface area contributed by atoms with E-state index in [1.54, 1.807) is 10.7 Å². The number of nitrogens with zero attached hydrogens (tertiary/aromatic N) is 5. The maximum Gasteiger partial charge on any atom is 0.586 e. The standard InChI is InChI=1S/C19H15F2N5O2/c1-10-9-22-11(2)18-24-17(25-26(10)18)6-5-13-4-3-12-7-15-16(8-14(12)23-13)28-19(20,21)27-15/h3-4,7-9H,5-6H2,1-2H3. The molecule has 0 unspecified atom stereocenters. The van der Waals surface area contributed by atoms with Crippen molar-refractivity contribution < 1.29 is 18.3 Å². The Bertz CT molecular complexity index is 1200. The third-order valence-electron chi connectivity index (χ3n) is 4.63. The lowest BCUT2D eigenvalue weighted by Gasteiger charge is -2.04. The zero-order chi connectivity index (χ0) is 19.5. The number of aromatic nitrogens is 5. The van der Waals surface area contributed by atoms with Gasteiger partial charge in [0.25, 0.3) is 0 Å². The monoisotopic (exact) mass is 383 g/mol. The Hall–Kier alpha value is -3.36. The van der Waals surface area contributed by atoms with Gasteiger partial charge in [-0.05, 0) is 32.4 Å². The van der Waals surface area contributed by atoms with E-state index in [1.165, 1.54) is 12.1 Å². The summed E-state index contributed by atoms with van der Waals surface area (Å²) in [6, 6.07) is 6.66. The van der Waals surface area contributed by atoms with Crippen LogP contribution >= 0.6 is 0 Å². The van der Waals surface area contributed by atoms with Crippen LogP contribution < -0.4 is 9.47 Å². The van der Waals surface area contributed by atoms with Crippen LogP contribution in [0, 0.1) is 13.8 Å². The third-order valence-corrected chi connectivity index (χ3v) is 4.63. The summed E-state index contributed by atoms with van der Waals surface area (Å²) >= 11 is 0. The number of hydrogen-bond donors (Lipinski definition) is 0. The fraction of sp³-hybridized carbons (Fsp3) is 0.263. The quantitative estimate of drug-likeness (QED) is 0.540. The Morgan fingerprint density at radius 3 is 2.61 bits per heavy atom. The molecule has 0 atom stereocenters. The predicted molar refractivity (Wildman–Crippen MR) is 95.6 cm³/mol. The van der Waals surface area contributed by atoms with Crippen molar-refractivity contribution in [1.82, 2.24) is 24.6 Å². The molecule has 0 fully saturated rings. The van der Waals surface area contributed by atoms with Gasteiger partial charge in [0.1, 0.15) is 0 Å². The summed E-state index contributed by atoms with van der Waals surface area (Å²) in [5.41, 5.74) is 3.85. The number of rotatable bonds is 3. The molecule has 0 saturated carbocycles. The van der Waals surface area contributed by atoms with Gasteiger partial charge in [-0.25, -0.2) is 9.50 Å². The number of aryl methyl sites for hydroxylation is 4. The zero-order valence-electron chi connectivity index (χ0n) is 15.1. The van der Waals surface area contributed by atoms with Crippen molar-refractivity contribution in [2.24, 2.45) is 0 Å². The Morgan fingerprint density at radius 1 is 1.04 bits per heavy atom. The van der Waals surface area contributed by atoms with Crippen LogP contribution in [0.15, 0.2) is 30.5 Å². The molecule has 0 spiro atoms. The van der Waals surface area contributed by atoms with E-state index in [2.05, 4.69) is 29.5 Å². The second-order valence-electron chi connectivity index (χ2n) is 6.71. The van der Waals surface area contributed by atoms with Gasteiger partial charge in [0, 0.05) is 29.8 Å². The van der Waals surface area contributed by atoms with Crippen molar-refractivity contribution in [2.45, 2.75) is 33.0 Å². The molecule has 142 valence electrons. The van der Waals surface area contributed by atoms with E-state index >= 15 is 0 Å². The summed E-state index contributed by atoms with van der Waals surface area (Å²) in [5, 5.41) is 5.23. The molecule has 0 bridgehead atoms. The zero-order valence-corrected chi connectivity index (χ0v) is 15.1. The first-order valence-electron chi connectivity index (χ1n) is 8.75. The van der Waals surface area contributed by atoms with Gasteiger partial charge in [0.05, 0.1) is 16.9 Å². The molecule has 4 heterocycles. The first-order chi connectivity index (χ1) is 13.4. The number of alkyl halides is 2. The maximum atomic E-state index is 13.2. The molecule has 4 aromatic rings. The highest BCUT2D eigenvalue weighted by atomic mass is 19.3. The second kappa shape index (κ2) is 5.82. The summed E-state index contributed by atoms with van der Waals surface area (Å²) < 4.78 is 37.2. The number of pyridine rings is 1. The van der Waals surface area contributed by atoms with Gasteiger partial charge >= 0.3 is 6.29 Å². The fourth-order valence-corrected chi connectivity index (χ4v) is 3.23. The van der Waals surface area contributed by atoms with E-state index in [0.29, 0.717) is 29.6 Å². The van der Waals surface area contributed by atoms with Gasteiger partial charge in [-0.1, -0.05) is 6.07 Å². The highest BCUT2D eigenvalue weighted by Gasteiger charge is 2.43. The van der Waals surface area contributed by atoms with Crippen molar-refractivity contribution in [3.05, 3.63) is 53.4 Å². The molecule has 7 nitrogen and oxygen atoms in total. The summed E-state index contributed by atoms with van der Waals surface area (Å²) in [6.07, 6.45) is -0.660. The average Bonchev–Trinajstić information content (AvgIpc) is 3.21.